The molecule has 3 rings (SSSR count). The topological polar surface area (TPSA) is 53.4 Å². The smallest absolute Gasteiger partial charge is 0.305 e. The van der Waals surface area contributed by atoms with Gasteiger partial charge in [0, 0.05) is 28.6 Å². The predicted octanol–water partition coefficient (Wildman–Crippen LogP) is 7.49. The molecule has 0 aliphatic heterocycles. The van der Waals surface area contributed by atoms with E-state index < -0.39 is 5.97 Å². The number of anilines is 1. The third kappa shape index (κ3) is 6.85. The third-order valence-electron chi connectivity index (χ3n) is 4.90. The van der Waals surface area contributed by atoms with Gasteiger partial charge in [0.25, 0.3) is 0 Å². The van der Waals surface area contributed by atoms with Gasteiger partial charge in [0.15, 0.2) is 5.13 Å². The second-order valence-electron chi connectivity index (χ2n) is 8.01. The van der Waals surface area contributed by atoms with E-state index in [0.717, 1.165) is 39.7 Å². The molecule has 0 fully saturated rings. The Hall–Kier alpha value is -1.79. The van der Waals surface area contributed by atoms with Gasteiger partial charge in [-0.05, 0) is 48.6 Å². The van der Waals surface area contributed by atoms with Crippen LogP contribution in [0.15, 0.2) is 42.5 Å². The van der Waals surface area contributed by atoms with E-state index in [1.165, 1.54) is 0 Å². The summed E-state index contributed by atoms with van der Waals surface area (Å²) in [4.78, 5) is 19.4. The van der Waals surface area contributed by atoms with Gasteiger partial charge in [-0.3, -0.25) is 4.79 Å². The number of halogens is 3. The van der Waals surface area contributed by atoms with Crippen LogP contribution in [0.1, 0.15) is 30.7 Å². The SMILES string of the molecule is CC(C)Cc1sc(N(CCC(=O)O)CCc2cccc(Cl)c2)nc1-c1ccc(Cl)c(Cl)c1. The van der Waals surface area contributed by atoms with Crippen molar-refractivity contribution in [1.82, 2.24) is 4.98 Å². The maximum absolute atomic E-state index is 11.3. The molecule has 170 valence electrons. The van der Waals surface area contributed by atoms with Gasteiger partial charge in [-0.15, -0.1) is 11.3 Å². The molecular weight excluding hydrogens is 487 g/mol. The maximum atomic E-state index is 11.3. The minimum absolute atomic E-state index is 0.0384. The summed E-state index contributed by atoms with van der Waals surface area (Å²) in [6.07, 6.45) is 1.65. The van der Waals surface area contributed by atoms with E-state index in [1.807, 2.05) is 41.3 Å². The van der Waals surface area contributed by atoms with Crippen LogP contribution in [-0.4, -0.2) is 29.1 Å². The van der Waals surface area contributed by atoms with Gasteiger partial charge in [-0.25, -0.2) is 4.98 Å². The van der Waals surface area contributed by atoms with Crippen molar-refractivity contribution in [2.75, 3.05) is 18.0 Å². The molecular formula is C24H25Cl3N2O2S. The largest absolute Gasteiger partial charge is 0.481 e. The van der Waals surface area contributed by atoms with E-state index in [9.17, 15) is 9.90 Å². The number of nitrogens with zero attached hydrogens (tertiary/aromatic N) is 2. The quantitative estimate of drug-likeness (QED) is 0.306. The lowest BCUT2D eigenvalue weighted by Gasteiger charge is -2.21. The fourth-order valence-electron chi connectivity index (χ4n) is 3.34. The molecule has 0 atom stereocenters. The van der Waals surface area contributed by atoms with Crippen molar-refractivity contribution < 1.29 is 9.90 Å². The van der Waals surface area contributed by atoms with Crippen LogP contribution in [0, 0.1) is 5.92 Å². The summed E-state index contributed by atoms with van der Waals surface area (Å²) in [5.41, 5.74) is 2.88. The standard InChI is InChI=1S/C24H25Cl3N2O2S/c1-15(2)12-21-23(17-6-7-19(26)20(27)14-17)28-24(32-21)29(11-9-22(30)31)10-8-16-4-3-5-18(25)13-16/h3-7,13-15H,8-12H2,1-2H3,(H,30,31). The van der Waals surface area contributed by atoms with E-state index in [1.54, 1.807) is 17.4 Å². The summed E-state index contributed by atoms with van der Waals surface area (Å²) >= 11 is 20.1. The monoisotopic (exact) mass is 510 g/mol. The molecule has 2 aromatic carbocycles. The number of carboxylic acids is 1. The van der Waals surface area contributed by atoms with E-state index in [4.69, 9.17) is 39.8 Å². The van der Waals surface area contributed by atoms with E-state index in [2.05, 4.69) is 13.8 Å². The normalized spacial score (nSPS) is 11.2. The summed E-state index contributed by atoms with van der Waals surface area (Å²) in [6, 6.07) is 13.3. The zero-order valence-electron chi connectivity index (χ0n) is 17.9. The van der Waals surface area contributed by atoms with Gasteiger partial charge in [0.2, 0.25) is 0 Å². The van der Waals surface area contributed by atoms with Crippen molar-refractivity contribution >= 4 is 57.2 Å². The Labute approximate surface area is 207 Å². The number of thiazole rings is 1. The van der Waals surface area contributed by atoms with Gasteiger partial charge in [0.05, 0.1) is 22.2 Å². The Kier molecular flexibility index (Phi) is 8.83. The number of carboxylic acid groups (broad SMARTS) is 1. The fraction of sp³-hybridized carbons (Fsp3) is 0.333. The highest BCUT2D eigenvalue weighted by molar-refractivity contribution is 7.16. The van der Waals surface area contributed by atoms with Gasteiger partial charge >= 0.3 is 5.97 Å². The second-order valence-corrected chi connectivity index (χ2v) is 10.3. The molecule has 0 saturated carbocycles. The lowest BCUT2D eigenvalue weighted by molar-refractivity contribution is -0.136. The molecule has 0 radical (unpaired) electrons. The summed E-state index contributed by atoms with van der Waals surface area (Å²) < 4.78 is 0. The van der Waals surface area contributed by atoms with Crippen molar-refractivity contribution in [3.8, 4) is 11.3 Å². The first-order valence-electron chi connectivity index (χ1n) is 10.4. The van der Waals surface area contributed by atoms with E-state index >= 15 is 0 Å². The summed E-state index contributed by atoms with van der Waals surface area (Å²) in [7, 11) is 0. The number of hydrogen-bond donors (Lipinski definition) is 1. The average molecular weight is 512 g/mol. The molecule has 32 heavy (non-hydrogen) atoms. The highest BCUT2D eigenvalue weighted by Crippen LogP contribution is 2.37. The Balaban J connectivity index is 1.93. The van der Waals surface area contributed by atoms with E-state index in [-0.39, 0.29) is 6.42 Å². The molecule has 0 saturated heterocycles. The first kappa shape index (κ1) is 24.8. The molecule has 0 unspecified atom stereocenters. The first-order chi connectivity index (χ1) is 15.2. The number of aliphatic carboxylic acids is 1. The molecule has 0 aliphatic rings. The van der Waals surface area contributed by atoms with Crippen LogP contribution in [0.25, 0.3) is 11.3 Å². The number of hydrogen-bond acceptors (Lipinski definition) is 4. The highest BCUT2D eigenvalue weighted by Gasteiger charge is 2.20. The van der Waals surface area contributed by atoms with Crippen molar-refractivity contribution in [3.05, 3.63) is 68.0 Å². The van der Waals surface area contributed by atoms with Gasteiger partial charge in [-0.2, -0.15) is 0 Å². The summed E-state index contributed by atoms with van der Waals surface area (Å²) in [6.45, 7) is 5.35. The molecule has 0 amide bonds. The van der Waals surface area contributed by atoms with Gasteiger partial charge < -0.3 is 10.0 Å². The molecule has 1 N–H and O–H groups in total. The predicted molar refractivity (Wildman–Crippen MR) is 136 cm³/mol. The highest BCUT2D eigenvalue weighted by atomic mass is 35.5. The third-order valence-corrected chi connectivity index (χ3v) is 7.01. The number of rotatable bonds is 10. The molecule has 4 nitrogen and oxygen atoms in total. The molecule has 0 spiro atoms. The van der Waals surface area contributed by atoms with Crippen LogP contribution in [0.5, 0.6) is 0 Å². The summed E-state index contributed by atoms with van der Waals surface area (Å²) in [5, 5.41) is 11.7. The molecule has 1 aromatic heterocycles. The Morgan fingerprint density at radius 1 is 1.09 bits per heavy atom. The zero-order valence-corrected chi connectivity index (χ0v) is 21.0. The Morgan fingerprint density at radius 3 is 2.53 bits per heavy atom. The van der Waals surface area contributed by atoms with Crippen LogP contribution in [0.3, 0.4) is 0 Å². The first-order valence-corrected chi connectivity index (χ1v) is 12.3. The van der Waals surface area contributed by atoms with Crippen molar-refractivity contribution in [2.45, 2.75) is 33.1 Å². The second kappa shape index (κ2) is 11.4. The van der Waals surface area contributed by atoms with Crippen LogP contribution in [0.2, 0.25) is 15.1 Å². The molecule has 0 bridgehead atoms. The fourth-order valence-corrected chi connectivity index (χ4v) is 5.20. The number of carbonyl (C=O) groups is 1. The van der Waals surface area contributed by atoms with Crippen molar-refractivity contribution in [1.29, 1.82) is 0 Å². The van der Waals surface area contributed by atoms with Gasteiger partial charge in [-0.1, -0.05) is 66.8 Å². The summed E-state index contributed by atoms with van der Waals surface area (Å²) in [5.74, 6) is -0.384. The lowest BCUT2D eigenvalue weighted by Crippen LogP contribution is -2.28. The Morgan fingerprint density at radius 2 is 1.88 bits per heavy atom. The molecule has 1 heterocycles. The Bertz CT molecular complexity index is 1080. The molecule has 0 aliphatic carbocycles. The minimum Gasteiger partial charge on any atom is -0.481 e. The number of benzene rings is 2. The van der Waals surface area contributed by atoms with Crippen LogP contribution >= 0.6 is 46.1 Å². The minimum atomic E-state index is -0.832. The van der Waals surface area contributed by atoms with Crippen LogP contribution in [0.4, 0.5) is 5.13 Å². The van der Waals surface area contributed by atoms with Crippen LogP contribution in [-0.2, 0) is 17.6 Å². The maximum Gasteiger partial charge on any atom is 0.305 e. The number of aromatic nitrogens is 1. The van der Waals surface area contributed by atoms with Gasteiger partial charge in [0.1, 0.15) is 0 Å². The zero-order chi connectivity index (χ0) is 23.3. The van der Waals surface area contributed by atoms with Crippen molar-refractivity contribution in [3.63, 3.8) is 0 Å². The molecule has 8 heteroatoms. The van der Waals surface area contributed by atoms with Crippen LogP contribution < -0.4 is 4.90 Å². The molecule has 3 aromatic rings. The van der Waals surface area contributed by atoms with E-state index in [0.29, 0.717) is 34.1 Å². The van der Waals surface area contributed by atoms with Crippen molar-refractivity contribution in [2.24, 2.45) is 5.92 Å². The lowest BCUT2D eigenvalue weighted by atomic mass is 10.0. The average Bonchev–Trinajstić information content (AvgIpc) is 3.12.